The number of ether oxygens (including phenoxy) is 2. The molecule has 5 rings (SSSR count). The quantitative estimate of drug-likeness (QED) is 0.299. The van der Waals surface area contributed by atoms with E-state index in [1.807, 2.05) is 19.9 Å². The molecule has 0 saturated carbocycles. The molecule has 4 heterocycles. The van der Waals surface area contributed by atoms with Crippen LogP contribution in [-0.2, 0) is 9.53 Å². The standard InChI is InChI=1S/C26H24ClN5O4/c1-4-35-13-26(3)25(34)31-19-12-30-24-21(22(19)32-26)17(11-29-24)23(33)16-6-5-15(10-18(16)27)36-20-9-14(2)7-8-28-20/h5-12,32H,4,13H2,1-3H3,(H,29,30)(H,31,34)/t26-/m0/s1. The van der Waals surface area contributed by atoms with Crippen LogP contribution in [0, 0.1) is 6.92 Å². The molecule has 0 radical (unpaired) electrons. The summed E-state index contributed by atoms with van der Waals surface area (Å²) in [6.45, 7) is 6.18. The number of aromatic nitrogens is 3. The first-order valence-electron chi connectivity index (χ1n) is 11.4. The lowest BCUT2D eigenvalue weighted by Crippen LogP contribution is -2.53. The Balaban J connectivity index is 1.50. The van der Waals surface area contributed by atoms with Crippen LogP contribution < -0.4 is 15.4 Å². The van der Waals surface area contributed by atoms with E-state index in [1.165, 1.54) is 0 Å². The molecule has 0 saturated heterocycles. The Morgan fingerprint density at radius 1 is 1.17 bits per heavy atom. The van der Waals surface area contributed by atoms with Crippen LogP contribution >= 0.6 is 11.6 Å². The summed E-state index contributed by atoms with van der Waals surface area (Å²) in [4.78, 5) is 38.0. The Morgan fingerprint density at radius 3 is 2.75 bits per heavy atom. The van der Waals surface area contributed by atoms with Gasteiger partial charge in [0.15, 0.2) is 5.78 Å². The number of rotatable bonds is 7. The molecule has 4 aromatic rings. The van der Waals surface area contributed by atoms with Crippen LogP contribution in [0.25, 0.3) is 11.0 Å². The molecule has 3 N–H and O–H groups in total. The molecule has 1 atom stereocenters. The predicted molar refractivity (Wildman–Crippen MR) is 137 cm³/mol. The summed E-state index contributed by atoms with van der Waals surface area (Å²) in [5.74, 6) is 0.355. The number of nitrogens with one attached hydrogen (secondary N) is 3. The molecule has 1 aliphatic rings. The van der Waals surface area contributed by atoms with E-state index in [1.54, 1.807) is 49.8 Å². The second kappa shape index (κ2) is 9.25. The largest absolute Gasteiger partial charge is 0.439 e. The van der Waals surface area contributed by atoms with E-state index in [-0.39, 0.29) is 23.3 Å². The fourth-order valence-corrected chi connectivity index (χ4v) is 4.33. The average molecular weight is 506 g/mol. The average Bonchev–Trinajstić information content (AvgIpc) is 3.28. The van der Waals surface area contributed by atoms with Crippen molar-refractivity contribution in [1.29, 1.82) is 0 Å². The van der Waals surface area contributed by atoms with Crippen molar-refractivity contribution in [1.82, 2.24) is 15.0 Å². The third-order valence-corrected chi connectivity index (χ3v) is 6.30. The zero-order valence-corrected chi connectivity index (χ0v) is 20.7. The highest BCUT2D eigenvalue weighted by Gasteiger charge is 2.39. The third kappa shape index (κ3) is 4.27. The van der Waals surface area contributed by atoms with Gasteiger partial charge in [-0.25, -0.2) is 9.97 Å². The summed E-state index contributed by atoms with van der Waals surface area (Å²) in [5.41, 5.74) is 2.24. The fourth-order valence-electron chi connectivity index (χ4n) is 4.07. The number of nitrogens with zero attached hydrogens (tertiary/aromatic N) is 2. The van der Waals surface area contributed by atoms with Gasteiger partial charge in [0.05, 0.1) is 40.2 Å². The Bertz CT molecular complexity index is 1500. The maximum absolute atomic E-state index is 13.6. The molecule has 1 aliphatic heterocycles. The first-order valence-corrected chi connectivity index (χ1v) is 11.8. The van der Waals surface area contributed by atoms with Crippen molar-refractivity contribution in [3.8, 4) is 11.6 Å². The first-order chi connectivity index (χ1) is 17.3. The van der Waals surface area contributed by atoms with Crippen molar-refractivity contribution in [3.63, 3.8) is 0 Å². The zero-order valence-electron chi connectivity index (χ0n) is 19.9. The lowest BCUT2D eigenvalue weighted by Gasteiger charge is -2.35. The van der Waals surface area contributed by atoms with E-state index in [0.717, 1.165) is 5.56 Å². The van der Waals surface area contributed by atoms with Crippen LogP contribution in [0.2, 0.25) is 5.02 Å². The highest BCUT2D eigenvalue weighted by molar-refractivity contribution is 6.36. The van der Waals surface area contributed by atoms with Crippen molar-refractivity contribution in [3.05, 3.63) is 70.6 Å². The second-order valence-electron chi connectivity index (χ2n) is 8.77. The van der Waals surface area contributed by atoms with E-state index in [0.29, 0.717) is 51.8 Å². The summed E-state index contributed by atoms with van der Waals surface area (Å²) in [7, 11) is 0. The molecule has 9 nitrogen and oxygen atoms in total. The maximum Gasteiger partial charge on any atom is 0.252 e. The predicted octanol–water partition coefficient (Wildman–Crippen LogP) is 5.10. The number of aryl methyl sites for hydroxylation is 1. The molecule has 0 fully saturated rings. The van der Waals surface area contributed by atoms with E-state index in [4.69, 9.17) is 21.1 Å². The number of hydrogen-bond acceptors (Lipinski definition) is 7. The van der Waals surface area contributed by atoms with Crippen LogP contribution in [0.3, 0.4) is 0 Å². The van der Waals surface area contributed by atoms with Gasteiger partial charge in [-0.05, 0) is 44.5 Å². The summed E-state index contributed by atoms with van der Waals surface area (Å²) in [5, 5.41) is 6.95. The summed E-state index contributed by atoms with van der Waals surface area (Å²) < 4.78 is 11.3. The third-order valence-electron chi connectivity index (χ3n) is 5.99. The molecule has 0 spiro atoms. The SMILES string of the molecule is CCOC[C@]1(C)Nc2c(cnc3[nH]cc(C(=O)c4ccc(Oc5cc(C)ccn5)cc4Cl)c23)NC1=O. The molecular weight excluding hydrogens is 482 g/mol. The van der Waals surface area contributed by atoms with Crippen molar-refractivity contribution >= 4 is 45.7 Å². The van der Waals surface area contributed by atoms with Crippen LogP contribution in [0.15, 0.2) is 48.9 Å². The molecule has 1 aromatic carbocycles. The van der Waals surface area contributed by atoms with Gasteiger partial charge in [0.2, 0.25) is 5.88 Å². The zero-order chi connectivity index (χ0) is 25.4. The number of pyridine rings is 2. The highest BCUT2D eigenvalue weighted by atomic mass is 35.5. The minimum Gasteiger partial charge on any atom is -0.439 e. The van der Waals surface area contributed by atoms with E-state index < -0.39 is 5.54 Å². The van der Waals surface area contributed by atoms with Gasteiger partial charge >= 0.3 is 0 Å². The molecule has 10 heteroatoms. The van der Waals surface area contributed by atoms with Gasteiger partial charge in [-0.3, -0.25) is 9.59 Å². The summed E-state index contributed by atoms with van der Waals surface area (Å²) in [6, 6.07) is 8.55. The topological polar surface area (TPSA) is 118 Å². The number of halogens is 1. The monoisotopic (exact) mass is 505 g/mol. The number of hydrogen-bond donors (Lipinski definition) is 3. The fraction of sp³-hybridized carbons (Fsp3) is 0.231. The van der Waals surface area contributed by atoms with Gasteiger partial charge in [-0.2, -0.15) is 0 Å². The Kier molecular flexibility index (Phi) is 6.11. The second-order valence-corrected chi connectivity index (χ2v) is 9.17. The van der Waals surface area contributed by atoms with Gasteiger partial charge in [-0.1, -0.05) is 11.6 Å². The van der Waals surface area contributed by atoms with Gasteiger partial charge < -0.3 is 25.1 Å². The summed E-state index contributed by atoms with van der Waals surface area (Å²) in [6.07, 6.45) is 4.80. The number of anilines is 2. The Hall–Kier alpha value is -3.95. The van der Waals surface area contributed by atoms with E-state index in [2.05, 4.69) is 25.6 Å². The van der Waals surface area contributed by atoms with E-state index >= 15 is 0 Å². The van der Waals surface area contributed by atoms with Gasteiger partial charge in [0, 0.05) is 36.7 Å². The molecule has 0 unspecified atom stereocenters. The van der Waals surface area contributed by atoms with E-state index in [9.17, 15) is 9.59 Å². The van der Waals surface area contributed by atoms with Gasteiger partial charge in [-0.15, -0.1) is 0 Å². The molecule has 3 aromatic heterocycles. The van der Waals surface area contributed by atoms with Crippen molar-refractivity contribution in [2.45, 2.75) is 26.3 Å². The van der Waals surface area contributed by atoms with Crippen molar-refractivity contribution in [2.75, 3.05) is 23.8 Å². The molecule has 1 amide bonds. The minimum absolute atomic E-state index is 0.162. The lowest BCUT2D eigenvalue weighted by atomic mass is 9.96. The van der Waals surface area contributed by atoms with Crippen LogP contribution in [-0.4, -0.2) is 45.4 Å². The number of amides is 1. The number of H-pyrrole nitrogens is 1. The smallest absolute Gasteiger partial charge is 0.252 e. The summed E-state index contributed by atoms with van der Waals surface area (Å²) >= 11 is 6.52. The number of carbonyl (C=O) groups excluding carboxylic acids is 2. The normalized spacial score (nSPS) is 16.8. The number of fused-ring (bicyclic) bond motifs is 3. The number of benzene rings is 1. The Labute approximate surface area is 212 Å². The number of ketones is 1. The Morgan fingerprint density at radius 2 is 2.00 bits per heavy atom. The molecule has 36 heavy (non-hydrogen) atoms. The maximum atomic E-state index is 13.6. The van der Waals surface area contributed by atoms with Crippen LogP contribution in [0.1, 0.15) is 35.3 Å². The molecular formula is C26H24ClN5O4. The van der Waals surface area contributed by atoms with Gasteiger partial charge in [0.25, 0.3) is 5.91 Å². The highest BCUT2D eigenvalue weighted by Crippen LogP contribution is 2.39. The molecule has 0 bridgehead atoms. The van der Waals surface area contributed by atoms with Crippen molar-refractivity contribution < 1.29 is 19.1 Å². The number of carbonyl (C=O) groups is 2. The molecule has 184 valence electrons. The van der Waals surface area contributed by atoms with Crippen molar-refractivity contribution in [2.24, 2.45) is 0 Å². The van der Waals surface area contributed by atoms with Crippen LogP contribution in [0.5, 0.6) is 11.6 Å². The van der Waals surface area contributed by atoms with Crippen LogP contribution in [0.4, 0.5) is 11.4 Å². The lowest BCUT2D eigenvalue weighted by molar-refractivity contribution is -0.122. The van der Waals surface area contributed by atoms with Gasteiger partial charge in [0.1, 0.15) is 16.9 Å². The molecule has 0 aliphatic carbocycles. The first kappa shape index (κ1) is 23.8. The number of aromatic amines is 1. The minimum atomic E-state index is -1.02.